The van der Waals surface area contributed by atoms with E-state index in [2.05, 4.69) is 74.5 Å². The van der Waals surface area contributed by atoms with Crippen LogP contribution in [0.2, 0.25) is 0 Å². The Balaban J connectivity index is 2.16. The topological polar surface area (TPSA) is 0 Å². The van der Waals surface area contributed by atoms with Crippen molar-refractivity contribution in [2.75, 3.05) is 0 Å². The van der Waals surface area contributed by atoms with E-state index in [1.165, 1.54) is 29.3 Å². The zero-order valence-corrected chi connectivity index (χ0v) is 13.1. The maximum Gasteiger partial charge on any atom is 0.224 e. The molecule has 2 rings (SSSR count). The molecule has 1 heteroatoms. The second-order valence-electron chi connectivity index (χ2n) is 5.12. The Morgan fingerprint density at radius 1 is 0.789 bits per heavy atom. The van der Waals surface area contributed by atoms with E-state index < -0.39 is 0 Å². The van der Waals surface area contributed by atoms with Gasteiger partial charge in [-0.1, -0.05) is 108 Å². The monoisotopic (exact) mass is 265 g/mol. The van der Waals surface area contributed by atoms with E-state index >= 15 is 0 Å². The van der Waals surface area contributed by atoms with Crippen molar-refractivity contribution in [3.63, 3.8) is 0 Å². The summed E-state index contributed by atoms with van der Waals surface area (Å²) in [5, 5.41) is 1.25. The summed E-state index contributed by atoms with van der Waals surface area (Å²) in [6, 6.07) is 22.0. The molecule has 0 nitrogen and oxygen atoms in total. The molecule has 0 bridgehead atoms. The predicted molar refractivity (Wildman–Crippen MR) is 84.6 cm³/mol. The Bertz CT molecular complexity index is 472. The first-order valence-corrected chi connectivity index (χ1v) is 8.64. The van der Waals surface area contributed by atoms with E-state index in [1.807, 2.05) is 0 Å². The van der Waals surface area contributed by atoms with Crippen LogP contribution in [0, 0.1) is 0 Å². The summed E-state index contributed by atoms with van der Waals surface area (Å²) in [6.07, 6.45) is 2.49. The summed E-state index contributed by atoms with van der Waals surface area (Å²) < 4.78 is 0.414. The highest BCUT2D eigenvalue weighted by atomic mass is 27.1. The number of hydrogen-bond acceptors (Lipinski definition) is 0. The molecule has 0 aromatic heterocycles. The maximum atomic E-state index is 2.34. The standard InChI is InChI=1S/C11H15.C7H7.Al/c1-3-10(4-2)11-8-6-5-7-9-11;1-7-5-3-2-4-6-7;/h5-9H,3-4H2,1-2H3;2-6H,1H2;. The van der Waals surface area contributed by atoms with Crippen LogP contribution in [-0.2, 0) is 9.56 Å². The Kier molecular flexibility index (Phi) is 5.26. The van der Waals surface area contributed by atoms with Crippen LogP contribution in [-0.4, -0.2) is 15.2 Å². The first-order chi connectivity index (χ1) is 9.30. The largest absolute Gasteiger partial charge is 0.224 e. The van der Waals surface area contributed by atoms with Crippen LogP contribution in [0.15, 0.2) is 60.7 Å². The Morgan fingerprint density at radius 3 is 1.84 bits per heavy atom. The van der Waals surface area contributed by atoms with E-state index in [0.29, 0.717) is 19.5 Å². The van der Waals surface area contributed by atoms with Gasteiger partial charge >= 0.3 is 0 Å². The van der Waals surface area contributed by atoms with Crippen LogP contribution in [0.4, 0.5) is 0 Å². The molecule has 0 unspecified atom stereocenters. The van der Waals surface area contributed by atoms with Crippen molar-refractivity contribution >= 4 is 15.2 Å². The second kappa shape index (κ2) is 6.94. The van der Waals surface area contributed by atoms with Crippen molar-refractivity contribution in [2.45, 2.75) is 36.2 Å². The third-order valence-electron chi connectivity index (χ3n) is 4.18. The van der Waals surface area contributed by atoms with E-state index in [-0.39, 0.29) is 0 Å². The van der Waals surface area contributed by atoms with Crippen molar-refractivity contribution in [3.05, 3.63) is 71.8 Å². The molecule has 0 atom stereocenters. The number of rotatable bonds is 6. The quantitative estimate of drug-likeness (QED) is 0.669. The fourth-order valence-corrected chi connectivity index (χ4v) is 4.67. The lowest BCUT2D eigenvalue weighted by Crippen LogP contribution is -2.33. The lowest BCUT2D eigenvalue weighted by atomic mass is 9.92. The molecule has 1 radical (unpaired) electrons. The van der Waals surface area contributed by atoms with Crippen molar-refractivity contribution in [3.8, 4) is 0 Å². The molecule has 0 N–H and O–H groups in total. The summed E-state index contributed by atoms with van der Waals surface area (Å²) >= 11 is 0.385. The Hall–Kier alpha value is -1.03. The minimum atomic E-state index is 0.385. The molecule has 0 aliphatic rings. The van der Waals surface area contributed by atoms with Gasteiger partial charge < -0.3 is 0 Å². The van der Waals surface area contributed by atoms with Crippen LogP contribution in [0.1, 0.15) is 37.8 Å². The fraction of sp³-hybridized carbons (Fsp3) is 0.333. The van der Waals surface area contributed by atoms with Gasteiger partial charge in [0.15, 0.2) is 0 Å². The smallest absolute Gasteiger partial charge is 0.0792 e. The third kappa shape index (κ3) is 3.50. The van der Waals surface area contributed by atoms with Crippen LogP contribution < -0.4 is 0 Å². The summed E-state index contributed by atoms with van der Waals surface area (Å²) in [7, 11) is 0. The van der Waals surface area contributed by atoms with E-state index in [1.54, 1.807) is 0 Å². The Morgan fingerprint density at radius 2 is 1.32 bits per heavy atom. The molecule has 0 saturated heterocycles. The highest BCUT2D eigenvalue weighted by molar-refractivity contribution is 6.39. The maximum absolute atomic E-state index is 2.34. The van der Waals surface area contributed by atoms with Crippen molar-refractivity contribution in [1.29, 1.82) is 0 Å². The summed E-state index contributed by atoms with van der Waals surface area (Å²) in [5.41, 5.74) is 3.02. The second-order valence-corrected chi connectivity index (χ2v) is 7.04. The van der Waals surface area contributed by atoms with Gasteiger partial charge in [-0.15, -0.1) is 0 Å². The molecule has 0 spiro atoms. The molecule has 0 fully saturated rings. The van der Waals surface area contributed by atoms with Gasteiger partial charge in [-0.3, -0.25) is 0 Å². The van der Waals surface area contributed by atoms with Crippen LogP contribution in [0.3, 0.4) is 0 Å². The SMILES string of the molecule is CC[C](CC)([Al][CH2]c1ccccc1)c1ccccc1. The highest BCUT2D eigenvalue weighted by Gasteiger charge is 2.28. The van der Waals surface area contributed by atoms with Gasteiger partial charge in [0.2, 0.25) is 15.2 Å². The molecule has 0 aliphatic heterocycles. The highest BCUT2D eigenvalue weighted by Crippen LogP contribution is 2.31. The lowest BCUT2D eigenvalue weighted by Gasteiger charge is -2.32. The summed E-state index contributed by atoms with van der Waals surface area (Å²) in [4.78, 5) is 0. The number of hydrogen-bond donors (Lipinski definition) is 0. The molecule has 0 amide bonds. The molecule has 97 valence electrons. The first-order valence-electron chi connectivity index (χ1n) is 7.24. The molecule has 2 aromatic rings. The fourth-order valence-electron chi connectivity index (χ4n) is 2.76. The molecule has 2 aromatic carbocycles. The van der Waals surface area contributed by atoms with Crippen molar-refractivity contribution in [2.24, 2.45) is 0 Å². The molecule has 0 saturated carbocycles. The predicted octanol–water partition coefficient (Wildman–Crippen LogP) is 4.61. The molecular formula is C18H22Al. The normalized spacial score (nSPS) is 11.3. The van der Waals surface area contributed by atoms with Gasteiger partial charge in [0, 0.05) is 0 Å². The van der Waals surface area contributed by atoms with Gasteiger partial charge in [0.05, 0.1) is 0 Å². The van der Waals surface area contributed by atoms with E-state index in [9.17, 15) is 0 Å². The zero-order chi connectivity index (χ0) is 13.6. The van der Waals surface area contributed by atoms with Crippen molar-refractivity contribution in [1.82, 2.24) is 0 Å². The summed E-state index contributed by atoms with van der Waals surface area (Å²) in [6.45, 7) is 4.68. The average molecular weight is 265 g/mol. The first kappa shape index (κ1) is 14.4. The summed E-state index contributed by atoms with van der Waals surface area (Å²) in [5.74, 6) is 0. The minimum absolute atomic E-state index is 0.385. The van der Waals surface area contributed by atoms with E-state index in [0.717, 1.165) is 0 Å². The van der Waals surface area contributed by atoms with Crippen molar-refractivity contribution < 1.29 is 0 Å². The van der Waals surface area contributed by atoms with E-state index in [4.69, 9.17) is 0 Å². The average Bonchev–Trinajstić information content (AvgIpc) is 2.51. The third-order valence-corrected chi connectivity index (χ3v) is 6.79. The number of benzene rings is 2. The van der Waals surface area contributed by atoms with Crippen LogP contribution >= 0.6 is 0 Å². The van der Waals surface area contributed by atoms with Crippen LogP contribution in [0.5, 0.6) is 0 Å². The molecular weight excluding hydrogens is 243 g/mol. The van der Waals surface area contributed by atoms with Crippen LogP contribution in [0.25, 0.3) is 0 Å². The van der Waals surface area contributed by atoms with Gasteiger partial charge in [0.1, 0.15) is 0 Å². The zero-order valence-electron chi connectivity index (χ0n) is 12.0. The van der Waals surface area contributed by atoms with Gasteiger partial charge in [-0.25, -0.2) is 0 Å². The van der Waals surface area contributed by atoms with Gasteiger partial charge in [-0.05, 0) is 0 Å². The minimum Gasteiger partial charge on any atom is -0.0792 e. The molecule has 0 heterocycles. The van der Waals surface area contributed by atoms with Gasteiger partial charge in [0.25, 0.3) is 0 Å². The molecule has 0 aliphatic carbocycles. The molecule has 19 heavy (non-hydrogen) atoms. The lowest BCUT2D eigenvalue weighted by molar-refractivity contribution is 0.554. The van der Waals surface area contributed by atoms with Gasteiger partial charge in [-0.2, -0.15) is 0 Å². The Labute approximate surface area is 123 Å².